The van der Waals surface area contributed by atoms with E-state index in [0.717, 1.165) is 19.3 Å². The fraction of sp³-hybridized carbons (Fsp3) is 0.636. The topological polar surface area (TPSA) is 109 Å². The standard InChI is InChI=1S/C11H16N6O3/c1-3-5-6-8-12-9(20-14-8)7-17-10(13-15-16-17)11(18)19-4-2/h3-7H2,1-2H3. The van der Waals surface area contributed by atoms with Crippen molar-refractivity contribution in [1.82, 2.24) is 30.3 Å². The third kappa shape index (κ3) is 3.37. The lowest BCUT2D eigenvalue weighted by molar-refractivity contribution is 0.0504. The Bertz CT molecular complexity index is 564. The molecule has 9 heteroatoms. The summed E-state index contributed by atoms with van der Waals surface area (Å²) < 4.78 is 11.2. The Morgan fingerprint density at radius 3 is 3.00 bits per heavy atom. The number of hydrogen-bond donors (Lipinski definition) is 0. The minimum Gasteiger partial charge on any atom is -0.460 e. The van der Waals surface area contributed by atoms with Crippen LogP contribution in [-0.2, 0) is 17.7 Å². The highest BCUT2D eigenvalue weighted by Gasteiger charge is 2.18. The molecular formula is C11H16N6O3. The highest BCUT2D eigenvalue weighted by Crippen LogP contribution is 2.05. The van der Waals surface area contributed by atoms with Crippen LogP contribution in [0.2, 0.25) is 0 Å². The third-order valence-corrected chi connectivity index (χ3v) is 2.54. The number of ether oxygens (including phenoxy) is 1. The van der Waals surface area contributed by atoms with Crippen LogP contribution in [0.5, 0.6) is 0 Å². The zero-order chi connectivity index (χ0) is 14.4. The molecule has 0 spiro atoms. The van der Waals surface area contributed by atoms with Gasteiger partial charge in [-0.2, -0.15) is 4.98 Å². The Labute approximate surface area is 115 Å². The van der Waals surface area contributed by atoms with E-state index in [1.807, 2.05) is 0 Å². The summed E-state index contributed by atoms with van der Waals surface area (Å²) in [5.41, 5.74) is 0. The number of esters is 1. The van der Waals surface area contributed by atoms with E-state index in [-0.39, 0.29) is 19.0 Å². The molecule has 2 rings (SSSR count). The molecule has 2 aromatic rings. The van der Waals surface area contributed by atoms with Crippen molar-refractivity contribution in [2.75, 3.05) is 6.61 Å². The minimum absolute atomic E-state index is 0.0140. The molecule has 108 valence electrons. The second-order valence-electron chi connectivity index (χ2n) is 4.09. The summed E-state index contributed by atoms with van der Waals surface area (Å²) in [7, 11) is 0. The summed E-state index contributed by atoms with van der Waals surface area (Å²) in [6.07, 6.45) is 2.82. The van der Waals surface area contributed by atoms with Gasteiger partial charge in [-0.25, -0.2) is 9.48 Å². The maximum absolute atomic E-state index is 11.6. The van der Waals surface area contributed by atoms with Gasteiger partial charge in [0, 0.05) is 6.42 Å². The van der Waals surface area contributed by atoms with E-state index in [2.05, 4.69) is 32.6 Å². The summed E-state index contributed by atoms with van der Waals surface area (Å²) in [5, 5.41) is 14.6. The maximum Gasteiger partial charge on any atom is 0.378 e. The molecule has 0 aliphatic rings. The van der Waals surface area contributed by atoms with Gasteiger partial charge in [-0.3, -0.25) is 0 Å². The fourth-order valence-electron chi connectivity index (χ4n) is 1.57. The third-order valence-electron chi connectivity index (χ3n) is 2.54. The summed E-state index contributed by atoms with van der Waals surface area (Å²) in [4.78, 5) is 15.8. The van der Waals surface area contributed by atoms with E-state index in [0.29, 0.717) is 11.7 Å². The van der Waals surface area contributed by atoms with Gasteiger partial charge in [0.25, 0.3) is 5.82 Å². The molecular weight excluding hydrogens is 264 g/mol. The van der Waals surface area contributed by atoms with Crippen molar-refractivity contribution in [3.05, 3.63) is 17.5 Å². The van der Waals surface area contributed by atoms with Crippen molar-refractivity contribution in [3.63, 3.8) is 0 Å². The van der Waals surface area contributed by atoms with E-state index in [1.165, 1.54) is 4.68 Å². The van der Waals surface area contributed by atoms with Crippen molar-refractivity contribution >= 4 is 5.97 Å². The van der Waals surface area contributed by atoms with Crippen molar-refractivity contribution in [2.45, 2.75) is 39.7 Å². The van der Waals surface area contributed by atoms with Crippen LogP contribution in [0, 0.1) is 0 Å². The summed E-state index contributed by atoms with van der Waals surface area (Å²) in [6.45, 7) is 4.20. The molecule has 0 unspecified atom stereocenters. The lowest BCUT2D eigenvalue weighted by Gasteiger charge is -2.00. The first-order chi connectivity index (χ1) is 9.74. The molecule has 0 bridgehead atoms. The molecule has 2 aromatic heterocycles. The summed E-state index contributed by atoms with van der Waals surface area (Å²) in [6, 6.07) is 0. The van der Waals surface area contributed by atoms with Crippen molar-refractivity contribution in [1.29, 1.82) is 0 Å². The Balaban J connectivity index is 2.05. The second kappa shape index (κ2) is 6.73. The van der Waals surface area contributed by atoms with Gasteiger partial charge in [-0.15, -0.1) is 5.10 Å². The highest BCUT2D eigenvalue weighted by atomic mass is 16.5. The smallest absolute Gasteiger partial charge is 0.378 e. The van der Waals surface area contributed by atoms with Crippen LogP contribution in [-0.4, -0.2) is 42.9 Å². The van der Waals surface area contributed by atoms with Gasteiger partial charge in [0.05, 0.1) is 6.61 Å². The first kappa shape index (κ1) is 14.1. The minimum atomic E-state index is -0.580. The molecule has 0 aliphatic carbocycles. The van der Waals surface area contributed by atoms with Gasteiger partial charge in [0.1, 0.15) is 6.54 Å². The highest BCUT2D eigenvalue weighted by molar-refractivity contribution is 5.85. The number of rotatable bonds is 7. The number of hydrogen-bond acceptors (Lipinski definition) is 8. The van der Waals surface area contributed by atoms with Crippen LogP contribution < -0.4 is 0 Å². The largest absolute Gasteiger partial charge is 0.460 e. The van der Waals surface area contributed by atoms with Crippen LogP contribution in [0.4, 0.5) is 0 Å². The summed E-state index contributed by atoms with van der Waals surface area (Å²) in [5.74, 6) is 0.435. The van der Waals surface area contributed by atoms with E-state index >= 15 is 0 Å². The van der Waals surface area contributed by atoms with E-state index in [9.17, 15) is 4.79 Å². The molecule has 0 saturated heterocycles. The average Bonchev–Trinajstić information content (AvgIpc) is 3.06. The monoisotopic (exact) mass is 280 g/mol. The second-order valence-corrected chi connectivity index (χ2v) is 4.09. The van der Waals surface area contributed by atoms with Crippen molar-refractivity contribution in [2.24, 2.45) is 0 Å². The molecule has 0 aliphatic heterocycles. The van der Waals surface area contributed by atoms with E-state index < -0.39 is 5.97 Å². The van der Waals surface area contributed by atoms with Gasteiger partial charge in [0.15, 0.2) is 5.82 Å². The lowest BCUT2D eigenvalue weighted by atomic mass is 10.2. The lowest BCUT2D eigenvalue weighted by Crippen LogP contribution is -2.15. The quantitative estimate of drug-likeness (QED) is 0.679. The number of carbonyl (C=O) groups is 1. The van der Waals surface area contributed by atoms with Gasteiger partial charge < -0.3 is 9.26 Å². The van der Waals surface area contributed by atoms with Crippen LogP contribution >= 0.6 is 0 Å². The van der Waals surface area contributed by atoms with Gasteiger partial charge in [-0.05, 0) is 23.8 Å². The van der Waals surface area contributed by atoms with Crippen LogP contribution in [0.1, 0.15) is 49.0 Å². The van der Waals surface area contributed by atoms with Gasteiger partial charge >= 0.3 is 5.97 Å². The number of tetrazole rings is 1. The number of carbonyl (C=O) groups excluding carboxylic acids is 1. The molecule has 20 heavy (non-hydrogen) atoms. The molecule has 0 saturated carbocycles. The van der Waals surface area contributed by atoms with Crippen molar-refractivity contribution < 1.29 is 14.1 Å². The molecule has 0 atom stereocenters. The predicted molar refractivity (Wildman–Crippen MR) is 65.8 cm³/mol. The molecule has 2 heterocycles. The van der Waals surface area contributed by atoms with E-state index in [1.54, 1.807) is 6.92 Å². The van der Waals surface area contributed by atoms with Crippen LogP contribution in [0.15, 0.2) is 4.52 Å². The zero-order valence-corrected chi connectivity index (χ0v) is 11.4. The Morgan fingerprint density at radius 1 is 1.40 bits per heavy atom. The molecule has 0 N–H and O–H groups in total. The zero-order valence-electron chi connectivity index (χ0n) is 11.4. The van der Waals surface area contributed by atoms with Crippen LogP contribution in [0.3, 0.4) is 0 Å². The average molecular weight is 280 g/mol. The normalized spacial score (nSPS) is 10.7. The molecule has 0 aromatic carbocycles. The SMILES string of the molecule is CCCCc1noc(Cn2nnnc2C(=O)OCC)n1. The van der Waals surface area contributed by atoms with E-state index in [4.69, 9.17) is 9.26 Å². The Kier molecular flexibility index (Phi) is 4.75. The number of unbranched alkanes of at least 4 members (excludes halogenated alkanes) is 1. The van der Waals surface area contributed by atoms with Crippen molar-refractivity contribution in [3.8, 4) is 0 Å². The van der Waals surface area contributed by atoms with Crippen LogP contribution in [0.25, 0.3) is 0 Å². The molecule has 0 fully saturated rings. The van der Waals surface area contributed by atoms with Gasteiger partial charge in [-0.1, -0.05) is 18.5 Å². The summed E-state index contributed by atoms with van der Waals surface area (Å²) >= 11 is 0. The maximum atomic E-state index is 11.6. The number of aromatic nitrogens is 6. The predicted octanol–water partition coefficient (Wildman–Crippen LogP) is 0.624. The first-order valence-corrected chi connectivity index (χ1v) is 6.49. The van der Waals surface area contributed by atoms with Gasteiger partial charge in [0.2, 0.25) is 5.89 Å². The Morgan fingerprint density at radius 2 is 2.25 bits per heavy atom. The first-order valence-electron chi connectivity index (χ1n) is 6.49. The number of aryl methyl sites for hydroxylation is 1. The molecule has 0 radical (unpaired) electrons. The molecule has 9 nitrogen and oxygen atoms in total. The Hall–Kier alpha value is -2.32. The molecule has 0 amide bonds. The number of nitrogens with zero attached hydrogens (tertiary/aromatic N) is 6. The fourth-order valence-corrected chi connectivity index (χ4v) is 1.57.